The van der Waals surface area contributed by atoms with E-state index in [0.717, 1.165) is 11.3 Å². The maximum absolute atomic E-state index is 12.9. The number of amides is 2. The standard InChI is InChI=1S/C22H26N2O4/c1-16-8-6-9-17(14-16)27-13-7-12-21(25)24-15-20(22(26)23(2)3)28-19-11-5-4-10-18(19)24/h4-6,8-11,14,20H,7,12-13,15H2,1-3H3. The third kappa shape index (κ3) is 4.63. The van der Waals surface area contributed by atoms with Crippen LogP contribution in [0.3, 0.4) is 0 Å². The minimum Gasteiger partial charge on any atom is -0.494 e. The van der Waals surface area contributed by atoms with Crippen LogP contribution in [0.15, 0.2) is 48.5 Å². The molecule has 0 aromatic heterocycles. The summed E-state index contributed by atoms with van der Waals surface area (Å²) < 4.78 is 11.5. The summed E-state index contributed by atoms with van der Waals surface area (Å²) in [4.78, 5) is 28.4. The van der Waals surface area contributed by atoms with Crippen molar-refractivity contribution in [3.05, 3.63) is 54.1 Å². The average molecular weight is 382 g/mol. The van der Waals surface area contributed by atoms with Crippen LogP contribution in [0.1, 0.15) is 18.4 Å². The van der Waals surface area contributed by atoms with Crippen LogP contribution < -0.4 is 14.4 Å². The van der Waals surface area contributed by atoms with E-state index < -0.39 is 6.10 Å². The lowest BCUT2D eigenvalue weighted by atomic mass is 10.1. The van der Waals surface area contributed by atoms with Crippen molar-refractivity contribution >= 4 is 17.5 Å². The predicted molar refractivity (Wildman–Crippen MR) is 108 cm³/mol. The second kappa shape index (κ2) is 8.78. The molecule has 0 bridgehead atoms. The summed E-state index contributed by atoms with van der Waals surface area (Å²) >= 11 is 0. The number of hydrogen-bond acceptors (Lipinski definition) is 4. The molecular formula is C22H26N2O4. The van der Waals surface area contributed by atoms with Gasteiger partial charge in [-0.05, 0) is 43.2 Å². The summed E-state index contributed by atoms with van der Waals surface area (Å²) in [5, 5.41) is 0. The van der Waals surface area contributed by atoms with Gasteiger partial charge < -0.3 is 19.3 Å². The second-order valence-corrected chi connectivity index (χ2v) is 7.08. The number of para-hydroxylation sites is 2. The van der Waals surface area contributed by atoms with Crippen LogP contribution in [0.2, 0.25) is 0 Å². The Hall–Kier alpha value is -3.02. The van der Waals surface area contributed by atoms with Gasteiger partial charge in [0, 0.05) is 20.5 Å². The molecule has 3 rings (SSSR count). The number of nitrogens with zero attached hydrogens (tertiary/aromatic N) is 2. The van der Waals surface area contributed by atoms with Crippen molar-refractivity contribution in [1.29, 1.82) is 0 Å². The highest BCUT2D eigenvalue weighted by Crippen LogP contribution is 2.34. The summed E-state index contributed by atoms with van der Waals surface area (Å²) in [6, 6.07) is 15.2. The Morgan fingerprint density at radius 3 is 2.71 bits per heavy atom. The zero-order valence-electron chi connectivity index (χ0n) is 16.6. The molecule has 2 aromatic rings. The zero-order chi connectivity index (χ0) is 20.1. The Bertz CT molecular complexity index is 850. The lowest BCUT2D eigenvalue weighted by molar-refractivity contribution is -0.136. The quantitative estimate of drug-likeness (QED) is 0.721. The van der Waals surface area contributed by atoms with Gasteiger partial charge in [-0.25, -0.2) is 0 Å². The first-order valence-corrected chi connectivity index (χ1v) is 9.42. The molecule has 0 N–H and O–H groups in total. The van der Waals surface area contributed by atoms with Crippen LogP contribution in [-0.2, 0) is 9.59 Å². The van der Waals surface area contributed by atoms with E-state index in [2.05, 4.69) is 0 Å². The lowest BCUT2D eigenvalue weighted by Crippen LogP contribution is -2.50. The summed E-state index contributed by atoms with van der Waals surface area (Å²) in [5.74, 6) is 1.16. The third-order valence-electron chi connectivity index (χ3n) is 4.58. The number of ether oxygens (including phenoxy) is 2. The Morgan fingerprint density at radius 2 is 1.96 bits per heavy atom. The van der Waals surface area contributed by atoms with Crippen LogP contribution in [0.5, 0.6) is 11.5 Å². The molecule has 1 unspecified atom stereocenters. The Kier molecular flexibility index (Phi) is 6.19. The van der Waals surface area contributed by atoms with Gasteiger partial charge in [-0.1, -0.05) is 24.3 Å². The van der Waals surface area contributed by atoms with E-state index in [-0.39, 0.29) is 18.4 Å². The molecule has 6 heteroatoms. The molecular weight excluding hydrogens is 356 g/mol. The van der Waals surface area contributed by atoms with Crippen molar-refractivity contribution < 1.29 is 19.1 Å². The highest BCUT2D eigenvalue weighted by atomic mass is 16.5. The average Bonchev–Trinajstić information content (AvgIpc) is 2.69. The number of aryl methyl sites for hydroxylation is 1. The summed E-state index contributed by atoms with van der Waals surface area (Å²) in [6.45, 7) is 2.69. The van der Waals surface area contributed by atoms with E-state index in [1.54, 1.807) is 25.1 Å². The Balaban J connectivity index is 1.62. The molecule has 6 nitrogen and oxygen atoms in total. The van der Waals surface area contributed by atoms with Gasteiger partial charge >= 0.3 is 0 Å². The topological polar surface area (TPSA) is 59.1 Å². The van der Waals surface area contributed by atoms with Crippen molar-refractivity contribution in [2.24, 2.45) is 0 Å². The number of hydrogen-bond donors (Lipinski definition) is 0. The molecule has 1 heterocycles. The number of rotatable bonds is 6. The minimum atomic E-state index is -0.697. The molecule has 0 saturated heterocycles. The van der Waals surface area contributed by atoms with Gasteiger partial charge in [-0.2, -0.15) is 0 Å². The molecule has 28 heavy (non-hydrogen) atoms. The van der Waals surface area contributed by atoms with Gasteiger partial charge in [-0.15, -0.1) is 0 Å². The van der Waals surface area contributed by atoms with Gasteiger partial charge in [0.25, 0.3) is 5.91 Å². The molecule has 0 aliphatic carbocycles. The number of benzene rings is 2. The van der Waals surface area contributed by atoms with Crippen molar-refractivity contribution in [3.8, 4) is 11.5 Å². The van der Waals surface area contributed by atoms with Crippen LogP contribution >= 0.6 is 0 Å². The molecule has 2 amide bonds. The van der Waals surface area contributed by atoms with Gasteiger partial charge in [0.2, 0.25) is 5.91 Å². The number of fused-ring (bicyclic) bond motifs is 1. The van der Waals surface area contributed by atoms with Crippen molar-refractivity contribution in [3.63, 3.8) is 0 Å². The van der Waals surface area contributed by atoms with Gasteiger partial charge in [-0.3, -0.25) is 9.59 Å². The summed E-state index contributed by atoms with van der Waals surface area (Å²) in [5.41, 5.74) is 1.84. The van der Waals surface area contributed by atoms with E-state index in [1.807, 2.05) is 49.4 Å². The molecule has 1 aliphatic heterocycles. The molecule has 0 fully saturated rings. The summed E-state index contributed by atoms with van der Waals surface area (Å²) in [7, 11) is 3.36. The fourth-order valence-electron chi connectivity index (χ4n) is 3.14. The van der Waals surface area contributed by atoms with Crippen LogP contribution in [0.4, 0.5) is 5.69 Å². The van der Waals surface area contributed by atoms with Crippen molar-refractivity contribution in [1.82, 2.24) is 4.90 Å². The zero-order valence-corrected chi connectivity index (χ0v) is 16.6. The van der Waals surface area contributed by atoms with Crippen LogP contribution in [0, 0.1) is 6.92 Å². The molecule has 0 radical (unpaired) electrons. The van der Waals surface area contributed by atoms with E-state index in [9.17, 15) is 9.59 Å². The molecule has 1 atom stereocenters. The molecule has 0 saturated carbocycles. The highest BCUT2D eigenvalue weighted by Gasteiger charge is 2.34. The first kappa shape index (κ1) is 19.7. The van der Waals surface area contributed by atoms with Gasteiger partial charge in [0.05, 0.1) is 18.8 Å². The normalized spacial score (nSPS) is 15.4. The maximum Gasteiger partial charge on any atom is 0.265 e. The number of carbonyl (C=O) groups is 2. The monoisotopic (exact) mass is 382 g/mol. The Labute approximate surface area is 165 Å². The largest absolute Gasteiger partial charge is 0.494 e. The third-order valence-corrected chi connectivity index (χ3v) is 4.58. The predicted octanol–water partition coefficient (Wildman–Crippen LogP) is 3.04. The molecule has 2 aromatic carbocycles. The minimum absolute atomic E-state index is 0.0415. The van der Waals surface area contributed by atoms with E-state index >= 15 is 0 Å². The van der Waals surface area contributed by atoms with Crippen molar-refractivity contribution in [2.45, 2.75) is 25.9 Å². The molecule has 148 valence electrons. The van der Waals surface area contributed by atoms with Gasteiger partial charge in [0.15, 0.2) is 6.10 Å². The maximum atomic E-state index is 12.9. The van der Waals surface area contributed by atoms with E-state index in [0.29, 0.717) is 30.9 Å². The molecule has 0 spiro atoms. The van der Waals surface area contributed by atoms with Gasteiger partial charge in [0.1, 0.15) is 11.5 Å². The number of carbonyl (C=O) groups excluding carboxylic acids is 2. The van der Waals surface area contributed by atoms with Crippen molar-refractivity contribution in [2.75, 3.05) is 32.1 Å². The van der Waals surface area contributed by atoms with Crippen LogP contribution in [0.25, 0.3) is 0 Å². The SMILES string of the molecule is Cc1cccc(OCCCC(=O)N2CC(C(=O)N(C)C)Oc3ccccc32)c1. The first-order chi connectivity index (χ1) is 13.5. The fourth-order valence-corrected chi connectivity index (χ4v) is 3.14. The fraction of sp³-hybridized carbons (Fsp3) is 0.364. The molecule has 1 aliphatic rings. The summed E-state index contributed by atoms with van der Waals surface area (Å²) in [6.07, 6.45) is 0.235. The van der Waals surface area contributed by atoms with E-state index in [1.165, 1.54) is 4.90 Å². The second-order valence-electron chi connectivity index (χ2n) is 7.08. The lowest BCUT2D eigenvalue weighted by Gasteiger charge is -2.35. The smallest absolute Gasteiger partial charge is 0.265 e. The highest BCUT2D eigenvalue weighted by molar-refractivity contribution is 5.97. The number of likely N-dealkylation sites (N-methyl/N-ethyl adjacent to an activating group) is 1. The van der Waals surface area contributed by atoms with Crippen LogP contribution in [-0.4, -0.2) is 50.1 Å². The first-order valence-electron chi connectivity index (χ1n) is 9.42. The van der Waals surface area contributed by atoms with E-state index in [4.69, 9.17) is 9.47 Å². The Morgan fingerprint density at radius 1 is 1.18 bits per heavy atom. The number of anilines is 1.